The average Bonchev–Trinajstić information content (AvgIpc) is 3.12. The third-order valence-corrected chi connectivity index (χ3v) is 11.3. The molecule has 9 atom stereocenters. The topological polar surface area (TPSA) is 46.5 Å². The molecule has 0 amide bonds. The van der Waals surface area contributed by atoms with Gasteiger partial charge in [-0.15, -0.1) is 0 Å². The number of rotatable bonds is 3. The summed E-state index contributed by atoms with van der Waals surface area (Å²) >= 11 is 0. The van der Waals surface area contributed by atoms with E-state index in [1.165, 1.54) is 37.7 Å². The van der Waals surface area contributed by atoms with Gasteiger partial charge in [0.05, 0.1) is 6.10 Å². The van der Waals surface area contributed by atoms with Gasteiger partial charge in [-0.2, -0.15) is 0 Å². The van der Waals surface area contributed by atoms with Crippen LogP contribution in [0.2, 0.25) is 0 Å². The fraction of sp³-hybridized carbons (Fsp3) is 0.828. The monoisotopic (exact) mass is 440 g/mol. The van der Waals surface area contributed by atoms with E-state index in [-0.39, 0.29) is 18.2 Å². The number of ether oxygens (including phenoxy) is 1. The van der Waals surface area contributed by atoms with Crippen molar-refractivity contribution in [2.75, 3.05) is 0 Å². The standard InChI is InChI=1S/C29H44O3/c1-6-19-15-26(32-27(31)17(19)2)18(3)23-9-10-24-22-8-7-20-16-21(30)11-13-28(20,4)25(22)12-14-29(23,24)5/h7,18,21-26,30H,6,8-16H2,1-5H3/t18-,21-,22-,23+,24-,25-,26+,28-,29+/m0/s1. The SMILES string of the molecule is CCC1=C(C)C(=O)O[C@@H]([C@@H](C)[C@H]2CC[C@H]3[C@@H]4CC=C5C[C@@H](O)CC[C@]5(C)[C@H]4CC[C@]23C)C1. The molecule has 0 saturated heterocycles. The van der Waals surface area contributed by atoms with Gasteiger partial charge < -0.3 is 9.84 Å². The minimum Gasteiger partial charge on any atom is -0.458 e. The van der Waals surface area contributed by atoms with Crippen LogP contribution in [0.5, 0.6) is 0 Å². The quantitative estimate of drug-likeness (QED) is 0.397. The number of allylic oxidation sites excluding steroid dienone is 1. The number of carbonyl (C=O) groups is 1. The first-order valence-electron chi connectivity index (χ1n) is 13.5. The van der Waals surface area contributed by atoms with E-state index in [9.17, 15) is 9.90 Å². The molecule has 1 aliphatic heterocycles. The number of aliphatic hydroxyl groups is 1. The number of hydrogen-bond donors (Lipinski definition) is 1. The molecule has 4 aliphatic carbocycles. The van der Waals surface area contributed by atoms with Crippen LogP contribution in [0, 0.1) is 40.4 Å². The molecule has 32 heavy (non-hydrogen) atoms. The van der Waals surface area contributed by atoms with Crippen LogP contribution in [-0.4, -0.2) is 23.3 Å². The van der Waals surface area contributed by atoms with Crippen LogP contribution in [0.15, 0.2) is 22.8 Å². The van der Waals surface area contributed by atoms with Crippen molar-refractivity contribution in [3.05, 3.63) is 22.8 Å². The van der Waals surface area contributed by atoms with Gasteiger partial charge in [0.25, 0.3) is 0 Å². The molecule has 3 saturated carbocycles. The molecule has 178 valence electrons. The minimum atomic E-state index is -0.125. The van der Waals surface area contributed by atoms with Crippen molar-refractivity contribution in [3.63, 3.8) is 0 Å². The summed E-state index contributed by atoms with van der Waals surface area (Å²) < 4.78 is 6.00. The molecule has 0 radical (unpaired) electrons. The van der Waals surface area contributed by atoms with E-state index < -0.39 is 0 Å². The van der Waals surface area contributed by atoms with Crippen LogP contribution in [0.1, 0.15) is 98.8 Å². The van der Waals surface area contributed by atoms with Gasteiger partial charge in [0.15, 0.2) is 0 Å². The van der Waals surface area contributed by atoms with Crippen LogP contribution in [0.3, 0.4) is 0 Å². The Bertz CT molecular complexity index is 839. The molecule has 0 aromatic heterocycles. The summed E-state index contributed by atoms with van der Waals surface area (Å²) in [6.45, 7) is 11.6. The summed E-state index contributed by atoms with van der Waals surface area (Å²) in [4.78, 5) is 12.5. The largest absolute Gasteiger partial charge is 0.458 e. The molecule has 3 nitrogen and oxygen atoms in total. The van der Waals surface area contributed by atoms with Gasteiger partial charge in [-0.25, -0.2) is 4.79 Å². The lowest BCUT2D eigenvalue weighted by molar-refractivity contribution is -0.151. The Morgan fingerprint density at radius 1 is 1.12 bits per heavy atom. The number of aliphatic hydroxyl groups excluding tert-OH is 1. The van der Waals surface area contributed by atoms with Crippen molar-refractivity contribution in [2.24, 2.45) is 40.4 Å². The Hall–Kier alpha value is -1.09. The van der Waals surface area contributed by atoms with Crippen LogP contribution < -0.4 is 0 Å². The summed E-state index contributed by atoms with van der Waals surface area (Å²) in [7, 11) is 0. The minimum absolute atomic E-state index is 0.0506. The Labute approximate surface area is 195 Å². The highest BCUT2D eigenvalue weighted by molar-refractivity contribution is 5.89. The molecule has 1 heterocycles. The van der Waals surface area contributed by atoms with Crippen LogP contribution in [0.25, 0.3) is 0 Å². The van der Waals surface area contributed by atoms with E-state index in [0.29, 0.717) is 22.7 Å². The molecule has 0 unspecified atom stereocenters. The highest BCUT2D eigenvalue weighted by Crippen LogP contribution is 2.67. The fourth-order valence-corrected chi connectivity index (χ4v) is 9.32. The lowest BCUT2D eigenvalue weighted by Crippen LogP contribution is -2.51. The maximum atomic E-state index is 12.5. The van der Waals surface area contributed by atoms with E-state index in [0.717, 1.165) is 55.4 Å². The van der Waals surface area contributed by atoms with Crippen molar-refractivity contribution in [1.82, 2.24) is 0 Å². The summed E-state index contributed by atoms with van der Waals surface area (Å²) in [6, 6.07) is 0. The molecular formula is C29H44O3. The molecule has 5 aliphatic rings. The van der Waals surface area contributed by atoms with Gasteiger partial charge in [0.1, 0.15) is 6.10 Å². The molecule has 5 rings (SSSR count). The van der Waals surface area contributed by atoms with Crippen LogP contribution >= 0.6 is 0 Å². The van der Waals surface area contributed by atoms with E-state index >= 15 is 0 Å². The summed E-state index contributed by atoms with van der Waals surface area (Å²) in [5.41, 5.74) is 4.39. The zero-order valence-electron chi connectivity index (χ0n) is 21.0. The number of cyclic esters (lactones) is 1. The Kier molecular flexibility index (Phi) is 5.67. The molecule has 1 N–H and O–H groups in total. The first-order valence-corrected chi connectivity index (χ1v) is 13.5. The molecule has 0 aromatic carbocycles. The molecule has 0 spiro atoms. The van der Waals surface area contributed by atoms with Gasteiger partial charge in [-0.1, -0.05) is 44.9 Å². The second-order valence-corrected chi connectivity index (χ2v) is 12.5. The third kappa shape index (κ3) is 3.28. The summed E-state index contributed by atoms with van der Waals surface area (Å²) in [5, 5.41) is 10.3. The van der Waals surface area contributed by atoms with E-state index in [2.05, 4.69) is 33.8 Å². The molecule has 0 aromatic rings. The van der Waals surface area contributed by atoms with Crippen molar-refractivity contribution in [1.29, 1.82) is 0 Å². The first-order chi connectivity index (χ1) is 15.2. The Morgan fingerprint density at radius 2 is 1.91 bits per heavy atom. The highest BCUT2D eigenvalue weighted by Gasteiger charge is 2.59. The lowest BCUT2D eigenvalue weighted by Gasteiger charge is -2.58. The number of esters is 1. The lowest BCUT2D eigenvalue weighted by atomic mass is 9.47. The van der Waals surface area contributed by atoms with Gasteiger partial charge in [-0.05, 0) is 105 Å². The summed E-state index contributed by atoms with van der Waals surface area (Å²) in [5.74, 6) is 3.36. The maximum Gasteiger partial charge on any atom is 0.333 e. The van der Waals surface area contributed by atoms with E-state index in [1.807, 2.05) is 6.92 Å². The van der Waals surface area contributed by atoms with Crippen LogP contribution in [-0.2, 0) is 9.53 Å². The van der Waals surface area contributed by atoms with Gasteiger partial charge in [0.2, 0.25) is 0 Å². The Morgan fingerprint density at radius 3 is 2.66 bits per heavy atom. The Balaban J connectivity index is 1.37. The predicted octanol–water partition coefficient (Wildman–Crippen LogP) is 6.60. The maximum absolute atomic E-state index is 12.5. The van der Waals surface area contributed by atoms with Crippen LogP contribution in [0.4, 0.5) is 0 Å². The van der Waals surface area contributed by atoms with Crippen molar-refractivity contribution in [3.8, 4) is 0 Å². The predicted molar refractivity (Wildman–Crippen MR) is 128 cm³/mol. The average molecular weight is 441 g/mol. The first kappa shape index (κ1) is 22.7. The number of fused-ring (bicyclic) bond motifs is 5. The molecule has 3 fully saturated rings. The van der Waals surface area contributed by atoms with E-state index in [4.69, 9.17) is 4.74 Å². The van der Waals surface area contributed by atoms with Gasteiger partial charge >= 0.3 is 5.97 Å². The third-order valence-electron chi connectivity index (χ3n) is 11.3. The number of hydrogen-bond acceptors (Lipinski definition) is 3. The zero-order valence-corrected chi connectivity index (χ0v) is 21.0. The molecule has 3 heteroatoms. The van der Waals surface area contributed by atoms with E-state index in [1.54, 1.807) is 5.57 Å². The number of carbonyl (C=O) groups excluding carboxylic acids is 1. The second kappa shape index (κ2) is 8.00. The second-order valence-electron chi connectivity index (χ2n) is 12.5. The van der Waals surface area contributed by atoms with Crippen molar-refractivity contribution >= 4 is 5.97 Å². The zero-order chi connectivity index (χ0) is 22.8. The fourth-order valence-electron chi connectivity index (χ4n) is 9.32. The normalized spacial score (nSPS) is 47.2. The molecular weight excluding hydrogens is 396 g/mol. The summed E-state index contributed by atoms with van der Waals surface area (Å²) in [6.07, 6.45) is 13.9. The highest BCUT2D eigenvalue weighted by atomic mass is 16.5. The molecule has 0 bridgehead atoms. The van der Waals surface area contributed by atoms with Crippen molar-refractivity contribution in [2.45, 2.75) is 111 Å². The van der Waals surface area contributed by atoms with Crippen molar-refractivity contribution < 1.29 is 14.6 Å². The van der Waals surface area contributed by atoms with Gasteiger partial charge in [-0.3, -0.25) is 0 Å². The van der Waals surface area contributed by atoms with Gasteiger partial charge in [0, 0.05) is 12.0 Å². The smallest absolute Gasteiger partial charge is 0.333 e.